The number of carbonyl (C=O) groups is 1. The summed E-state index contributed by atoms with van der Waals surface area (Å²) in [6, 6.07) is 5.35. The number of fused-ring (bicyclic) bond motifs is 1. The Morgan fingerprint density at radius 2 is 2.17 bits per heavy atom. The van der Waals surface area contributed by atoms with Crippen LogP contribution in [0, 0.1) is 5.41 Å². The number of ether oxygens (including phenoxy) is 2. The van der Waals surface area contributed by atoms with E-state index in [1.165, 1.54) is 6.33 Å². The Bertz CT molecular complexity index is 774. The lowest BCUT2D eigenvalue weighted by molar-refractivity contribution is -0.121. The molecule has 2 N–H and O–H groups in total. The first kappa shape index (κ1) is 15.1. The summed E-state index contributed by atoms with van der Waals surface area (Å²) >= 11 is 0. The molecule has 2 aliphatic heterocycles. The van der Waals surface area contributed by atoms with Crippen molar-refractivity contribution < 1.29 is 14.3 Å². The van der Waals surface area contributed by atoms with Gasteiger partial charge in [0.05, 0.1) is 12.6 Å². The highest BCUT2D eigenvalue weighted by Crippen LogP contribution is 2.39. The zero-order valence-corrected chi connectivity index (χ0v) is 13.5. The van der Waals surface area contributed by atoms with E-state index < -0.39 is 0 Å². The van der Waals surface area contributed by atoms with Crippen LogP contribution in [-0.2, 0) is 9.53 Å². The van der Waals surface area contributed by atoms with E-state index in [1.54, 1.807) is 7.11 Å². The van der Waals surface area contributed by atoms with E-state index in [0.717, 1.165) is 29.5 Å². The molecular formula is C17H20N4O3. The van der Waals surface area contributed by atoms with Crippen LogP contribution in [0.1, 0.15) is 12.8 Å². The second-order valence-electron chi connectivity index (χ2n) is 6.38. The Morgan fingerprint density at radius 1 is 1.33 bits per heavy atom. The summed E-state index contributed by atoms with van der Waals surface area (Å²) in [6.45, 7) is 2.06. The zero-order valence-electron chi connectivity index (χ0n) is 13.5. The lowest BCUT2D eigenvalue weighted by Crippen LogP contribution is -2.45. The Balaban J connectivity index is 1.69. The molecule has 7 nitrogen and oxygen atoms in total. The molecule has 2 aliphatic rings. The van der Waals surface area contributed by atoms with Crippen LogP contribution < -0.4 is 15.4 Å². The van der Waals surface area contributed by atoms with E-state index in [0.29, 0.717) is 25.6 Å². The number of carbonyl (C=O) groups excluding carboxylic acids is 1. The van der Waals surface area contributed by atoms with Crippen LogP contribution in [0.5, 0.6) is 5.75 Å². The third-order valence-electron chi connectivity index (χ3n) is 5.10. The monoisotopic (exact) mass is 328 g/mol. The maximum Gasteiger partial charge on any atom is 0.243 e. The largest absolute Gasteiger partial charge is 0.497 e. The molecule has 2 aromatic rings. The molecule has 0 bridgehead atoms. The molecule has 1 aromatic heterocycles. The molecule has 0 saturated carbocycles. The number of aromatic nitrogens is 2. The molecule has 126 valence electrons. The quantitative estimate of drug-likeness (QED) is 0.884. The average molecular weight is 328 g/mol. The minimum atomic E-state index is -0.304. The van der Waals surface area contributed by atoms with Gasteiger partial charge in [-0.3, -0.25) is 4.79 Å². The smallest absolute Gasteiger partial charge is 0.243 e. The van der Waals surface area contributed by atoms with Crippen LogP contribution in [0.25, 0.3) is 10.9 Å². The molecule has 3 heterocycles. The first-order valence-corrected chi connectivity index (χ1v) is 8.13. The van der Waals surface area contributed by atoms with Gasteiger partial charge >= 0.3 is 0 Å². The van der Waals surface area contributed by atoms with Gasteiger partial charge in [0.25, 0.3) is 0 Å². The van der Waals surface area contributed by atoms with Crippen LogP contribution in [0.4, 0.5) is 5.82 Å². The van der Waals surface area contributed by atoms with Gasteiger partial charge in [-0.05, 0) is 25.0 Å². The fraction of sp³-hybridized carbons (Fsp3) is 0.471. The van der Waals surface area contributed by atoms with Crippen LogP contribution in [0.3, 0.4) is 0 Å². The number of benzene rings is 1. The van der Waals surface area contributed by atoms with Crippen LogP contribution in [0.2, 0.25) is 0 Å². The first-order chi connectivity index (χ1) is 11.7. The van der Waals surface area contributed by atoms with E-state index in [2.05, 4.69) is 20.6 Å². The SMILES string of the molecule is COc1ccc2c(NC3C(=O)NCC34CCOCC4)ncnc2c1. The summed E-state index contributed by atoms with van der Waals surface area (Å²) in [7, 11) is 1.62. The van der Waals surface area contributed by atoms with E-state index in [-0.39, 0.29) is 17.4 Å². The molecule has 1 aromatic carbocycles. The number of hydrogen-bond acceptors (Lipinski definition) is 6. The van der Waals surface area contributed by atoms with Crippen molar-refractivity contribution >= 4 is 22.6 Å². The summed E-state index contributed by atoms with van der Waals surface area (Å²) in [5.41, 5.74) is 0.672. The van der Waals surface area contributed by atoms with Crippen molar-refractivity contribution in [3.63, 3.8) is 0 Å². The highest BCUT2D eigenvalue weighted by Gasteiger charge is 2.49. The number of amides is 1. The maximum absolute atomic E-state index is 12.4. The number of methoxy groups -OCH3 is 1. The van der Waals surface area contributed by atoms with Crippen molar-refractivity contribution in [1.29, 1.82) is 0 Å². The lowest BCUT2D eigenvalue weighted by atomic mass is 9.76. The Morgan fingerprint density at radius 3 is 2.96 bits per heavy atom. The van der Waals surface area contributed by atoms with E-state index >= 15 is 0 Å². The lowest BCUT2D eigenvalue weighted by Gasteiger charge is -2.37. The fourth-order valence-electron chi connectivity index (χ4n) is 3.62. The molecule has 1 atom stereocenters. The van der Waals surface area contributed by atoms with Crippen molar-refractivity contribution in [1.82, 2.24) is 15.3 Å². The van der Waals surface area contributed by atoms with Crippen molar-refractivity contribution in [2.45, 2.75) is 18.9 Å². The minimum absolute atomic E-state index is 0.0252. The van der Waals surface area contributed by atoms with E-state index in [4.69, 9.17) is 9.47 Å². The molecule has 0 radical (unpaired) electrons. The number of nitrogens with zero attached hydrogens (tertiary/aromatic N) is 2. The Labute approximate surface area is 139 Å². The number of rotatable bonds is 3. The predicted octanol–water partition coefficient (Wildman–Crippen LogP) is 1.35. The van der Waals surface area contributed by atoms with Crippen molar-refractivity contribution in [3.05, 3.63) is 24.5 Å². The first-order valence-electron chi connectivity index (χ1n) is 8.13. The summed E-state index contributed by atoms with van der Waals surface area (Å²) in [5, 5.41) is 7.24. The molecule has 1 amide bonds. The van der Waals surface area contributed by atoms with Crippen molar-refractivity contribution in [2.75, 3.05) is 32.2 Å². The van der Waals surface area contributed by atoms with E-state index in [1.807, 2.05) is 18.2 Å². The second kappa shape index (κ2) is 5.90. The summed E-state index contributed by atoms with van der Waals surface area (Å²) < 4.78 is 10.7. The van der Waals surface area contributed by atoms with Gasteiger partial charge in [0, 0.05) is 36.6 Å². The molecule has 1 unspecified atom stereocenters. The molecule has 1 spiro atoms. The highest BCUT2D eigenvalue weighted by atomic mass is 16.5. The van der Waals surface area contributed by atoms with Gasteiger partial charge in [0.15, 0.2) is 0 Å². The maximum atomic E-state index is 12.4. The molecule has 2 fully saturated rings. The predicted molar refractivity (Wildman–Crippen MR) is 89.0 cm³/mol. The van der Waals surface area contributed by atoms with Gasteiger partial charge in [0.2, 0.25) is 5.91 Å². The van der Waals surface area contributed by atoms with Crippen molar-refractivity contribution in [2.24, 2.45) is 5.41 Å². The Kier molecular flexibility index (Phi) is 3.72. The normalized spacial score (nSPS) is 22.5. The van der Waals surface area contributed by atoms with Gasteiger partial charge in [-0.2, -0.15) is 0 Å². The Hall–Kier alpha value is -2.41. The molecule has 24 heavy (non-hydrogen) atoms. The van der Waals surface area contributed by atoms with Crippen LogP contribution >= 0.6 is 0 Å². The standard InChI is InChI=1S/C17H20N4O3/c1-23-11-2-3-12-13(8-11)19-10-20-15(12)21-14-16(22)18-9-17(14)4-6-24-7-5-17/h2-3,8,10,14H,4-7,9H2,1H3,(H,18,22)(H,19,20,21). The topological polar surface area (TPSA) is 85.4 Å². The van der Waals surface area contributed by atoms with Crippen LogP contribution in [-0.4, -0.2) is 48.8 Å². The highest BCUT2D eigenvalue weighted by molar-refractivity contribution is 5.94. The minimum Gasteiger partial charge on any atom is -0.497 e. The second-order valence-corrected chi connectivity index (χ2v) is 6.38. The van der Waals surface area contributed by atoms with Gasteiger partial charge < -0.3 is 20.1 Å². The average Bonchev–Trinajstić information content (AvgIpc) is 2.91. The van der Waals surface area contributed by atoms with E-state index in [9.17, 15) is 4.79 Å². The molecule has 7 heteroatoms. The summed E-state index contributed by atoms with van der Waals surface area (Å²) in [5.74, 6) is 1.44. The van der Waals surface area contributed by atoms with Gasteiger partial charge in [-0.1, -0.05) is 0 Å². The number of hydrogen-bond donors (Lipinski definition) is 2. The van der Waals surface area contributed by atoms with Crippen molar-refractivity contribution in [3.8, 4) is 5.75 Å². The van der Waals surface area contributed by atoms with Gasteiger partial charge in [-0.15, -0.1) is 0 Å². The number of nitrogens with one attached hydrogen (secondary N) is 2. The molecular weight excluding hydrogens is 308 g/mol. The molecule has 0 aliphatic carbocycles. The zero-order chi connectivity index (χ0) is 16.6. The fourth-order valence-corrected chi connectivity index (χ4v) is 3.62. The third-order valence-corrected chi connectivity index (χ3v) is 5.10. The molecule has 4 rings (SSSR count). The number of anilines is 1. The van der Waals surface area contributed by atoms with Gasteiger partial charge in [0.1, 0.15) is 23.9 Å². The summed E-state index contributed by atoms with van der Waals surface area (Å²) in [4.78, 5) is 21.1. The third kappa shape index (κ3) is 2.45. The molecule has 2 saturated heterocycles. The summed E-state index contributed by atoms with van der Waals surface area (Å²) in [6.07, 6.45) is 3.23. The van der Waals surface area contributed by atoms with Crippen LogP contribution in [0.15, 0.2) is 24.5 Å². The van der Waals surface area contributed by atoms with Gasteiger partial charge in [-0.25, -0.2) is 9.97 Å².